The largest absolute Gasteiger partial charge is 0.0842 e. The summed E-state index contributed by atoms with van der Waals surface area (Å²) in [6.45, 7) is 11.5. The van der Waals surface area contributed by atoms with Crippen LogP contribution in [-0.4, -0.2) is 0 Å². The van der Waals surface area contributed by atoms with Gasteiger partial charge in [0.05, 0.1) is 0 Å². The molecule has 0 heteroatoms. The fraction of sp³-hybridized carbons (Fsp3) is 0.158. The Bertz CT molecular complexity index is 4330. The Morgan fingerprint density at radius 3 is 1.22 bits per heavy atom. The van der Waals surface area contributed by atoms with Crippen molar-refractivity contribution in [2.24, 2.45) is 11.8 Å². The molecule has 0 bridgehead atoms. The molecule has 0 spiro atoms. The van der Waals surface area contributed by atoms with Crippen LogP contribution in [0.2, 0.25) is 0 Å². The second-order valence-electron chi connectivity index (χ2n) is 22.7. The molecule has 6 aliphatic carbocycles. The average molecular weight is 973 g/mol. The van der Waals surface area contributed by atoms with Crippen LogP contribution in [0, 0.1) is 32.6 Å². The SMILES string of the molecule is Cc1ccc(-c2c3c(c(-c4ccc(C)c(C(C)C)c4)c4ccccc24)C2=CC=C4c5cc6c(-c7ccccc7C7=CC=CCC7)c7ccccc7c(-c7ccccc7C7=CC=CCC7)c6cc5C5=CC=C3C2C54)cc1C. The molecule has 0 saturated carbocycles. The molecule has 0 radical (unpaired) electrons. The van der Waals surface area contributed by atoms with Gasteiger partial charge in [0.2, 0.25) is 0 Å². The normalized spacial score (nSPS) is 17.8. The third-order valence-corrected chi connectivity index (χ3v) is 18.2. The Labute approximate surface area is 447 Å². The van der Waals surface area contributed by atoms with E-state index in [0.717, 1.165) is 25.7 Å². The van der Waals surface area contributed by atoms with Crippen molar-refractivity contribution in [3.05, 3.63) is 262 Å². The number of benzene rings is 9. The smallest absolute Gasteiger partial charge is 0.0212 e. The third-order valence-electron chi connectivity index (χ3n) is 18.2. The van der Waals surface area contributed by atoms with Crippen molar-refractivity contribution in [3.63, 3.8) is 0 Å². The van der Waals surface area contributed by atoms with E-state index in [-0.39, 0.29) is 11.8 Å². The first kappa shape index (κ1) is 45.1. The summed E-state index contributed by atoms with van der Waals surface area (Å²) in [4.78, 5) is 0. The topological polar surface area (TPSA) is 0 Å². The zero-order valence-corrected chi connectivity index (χ0v) is 44.2. The minimum Gasteiger partial charge on any atom is -0.0842 e. The molecule has 364 valence electrons. The standard InChI is InChI=1S/C76H60/c1-44(2)64-41-51(35-33-46(64)4)70-57-29-17-16-28-56(57)69(50-34-32-45(3)47(5)40-50)75-62-38-36-60-65-42-67-68(43-66(65)61-37-39-63(76(70)75)74(62)73(60)61)72(55-27-15-13-25-53(55)49-22-10-7-11-23-49)59-31-19-18-30-58(59)71(67)54-26-14-12-24-52(54)48-20-8-6-9-21-48/h6-8,10,12-20,22,24-44,73-74H,9,11,21,23H2,1-5H3. The van der Waals surface area contributed by atoms with Gasteiger partial charge in [-0.05, 0) is 230 Å². The number of aryl methyl sites for hydroxylation is 3. The maximum absolute atomic E-state index is 2.64. The fourth-order valence-electron chi connectivity index (χ4n) is 14.6. The summed E-state index contributed by atoms with van der Waals surface area (Å²) in [5, 5.41) is 7.89. The van der Waals surface area contributed by atoms with Crippen LogP contribution in [0.3, 0.4) is 0 Å². The zero-order valence-electron chi connectivity index (χ0n) is 44.2. The molecule has 0 amide bonds. The van der Waals surface area contributed by atoms with Gasteiger partial charge in [-0.3, -0.25) is 0 Å². The molecule has 0 saturated heterocycles. The molecular formula is C76H60. The lowest BCUT2D eigenvalue weighted by Gasteiger charge is -2.31. The monoisotopic (exact) mass is 972 g/mol. The minimum absolute atomic E-state index is 0.179. The van der Waals surface area contributed by atoms with E-state index in [4.69, 9.17) is 0 Å². The Balaban J connectivity index is 1.03. The lowest BCUT2D eigenvalue weighted by atomic mass is 9.72. The average Bonchev–Trinajstić information content (AvgIpc) is 4.19. The van der Waals surface area contributed by atoms with Crippen molar-refractivity contribution in [1.29, 1.82) is 0 Å². The molecule has 0 fully saturated rings. The van der Waals surface area contributed by atoms with Gasteiger partial charge < -0.3 is 0 Å². The van der Waals surface area contributed by atoms with Crippen LogP contribution in [0.5, 0.6) is 0 Å². The number of hydrogen-bond acceptors (Lipinski definition) is 0. The lowest BCUT2D eigenvalue weighted by molar-refractivity contribution is 0.758. The number of hydrogen-bond donors (Lipinski definition) is 0. The van der Waals surface area contributed by atoms with Gasteiger partial charge >= 0.3 is 0 Å². The number of fused-ring (bicyclic) bond motifs is 9. The van der Waals surface area contributed by atoms with Crippen LogP contribution in [0.15, 0.2) is 206 Å². The molecule has 9 aromatic carbocycles. The van der Waals surface area contributed by atoms with Crippen LogP contribution in [0.4, 0.5) is 0 Å². The molecule has 2 unspecified atom stereocenters. The molecule has 15 rings (SSSR count). The van der Waals surface area contributed by atoms with E-state index in [2.05, 4.69) is 241 Å². The summed E-state index contributed by atoms with van der Waals surface area (Å²) in [6, 6.07) is 56.8. The van der Waals surface area contributed by atoms with Crippen LogP contribution in [-0.2, 0) is 0 Å². The highest BCUT2D eigenvalue weighted by atomic mass is 14.5. The Morgan fingerprint density at radius 2 is 0.763 bits per heavy atom. The van der Waals surface area contributed by atoms with Gasteiger partial charge in [-0.25, -0.2) is 0 Å². The summed E-state index contributed by atoms with van der Waals surface area (Å²) >= 11 is 0. The molecule has 2 atom stereocenters. The summed E-state index contributed by atoms with van der Waals surface area (Å²) in [5.74, 6) is 0.784. The second kappa shape index (κ2) is 17.4. The molecule has 0 N–H and O–H groups in total. The first-order valence-electron chi connectivity index (χ1n) is 27.9. The van der Waals surface area contributed by atoms with Crippen LogP contribution >= 0.6 is 0 Å². The Hall–Kier alpha value is -8.32. The molecule has 6 aliphatic rings. The summed E-state index contributed by atoms with van der Waals surface area (Å²) < 4.78 is 0. The third kappa shape index (κ3) is 6.62. The summed E-state index contributed by atoms with van der Waals surface area (Å²) in [7, 11) is 0. The Morgan fingerprint density at radius 1 is 0.342 bits per heavy atom. The van der Waals surface area contributed by atoms with Gasteiger partial charge in [0.25, 0.3) is 0 Å². The van der Waals surface area contributed by atoms with E-state index >= 15 is 0 Å². The molecule has 76 heavy (non-hydrogen) atoms. The predicted octanol–water partition coefficient (Wildman–Crippen LogP) is 20.9. The van der Waals surface area contributed by atoms with E-state index in [1.165, 1.54) is 166 Å². The van der Waals surface area contributed by atoms with Gasteiger partial charge in [-0.1, -0.05) is 208 Å². The van der Waals surface area contributed by atoms with Crippen molar-refractivity contribution >= 4 is 65.8 Å². The highest BCUT2D eigenvalue weighted by Crippen LogP contribution is 2.67. The quantitative estimate of drug-likeness (QED) is 0.140. The van der Waals surface area contributed by atoms with E-state index in [1.807, 2.05) is 0 Å². The summed E-state index contributed by atoms with van der Waals surface area (Å²) in [6.07, 6.45) is 28.2. The van der Waals surface area contributed by atoms with E-state index < -0.39 is 0 Å². The lowest BCUT2D eigenvalue weighted by Crippen LogP contribution is -2.17. The highest BCUT2D eigenvalue weighted by molar-refractivity contribution is 6.26. The minimum atomic E-state index is 0.179. The first-order chi connectivity index (χ1) is 37.3. The van der Waals surface area contributed by atoms with Crippen molar-refractivity contribution < 1.29 is 0 Å². The van der Waals surface area contributed by atoms with Gasteiger partial charge in [0, 0.05) is 11.8 Å². The van der Waals surface area contributed by atoms with Crippen molar-refractivity contribution in [1.82, 2.24) is 0 Å². The molecule has 0 heterocycles. The van der Waals surface area contributed by atoms with Gasteiger partial charge in [-0.15, -0.1) is 0 Å². The number of rotatable bonds is 7. The summed E-state index contributed by atoms with van der Waals surface area (Å²) in [5.41, 5.74) is 32.9. The van der Waals surface area contributed by atoms with Crippen molar-refractivity contribution in [2.45, 2.75) is 66.2 Å². The van der Waals surface area contributed by atoms with Crippen molar-refractivity contribution in [2.75, 3.05) is 0 Å². The van der Waals surface area contributed by atoms with Gasteiger partial charge in [-0.2, -0.15) is 0 Å². The van der Waals surface area contributed by atoms with Gasteiger partial charge in [0.15, 0.2) is 0 Å². The van der Waals surface area contributed by atoms with Gasteiger partial charge in [0.1, 0.15) is 0 Å². The first-order valence-corrected chi connectivity index (χ1v) is 27.9. The van der Waals surface area contributed by atoms with Crippen LogP contribution < -0.4 is 0 Å². The molecule has 9 aromatic rings. The maximum Gasteiger partial charge on any atom is 0.0212 e. The second-order valence-corrected chi connectivity index (χ2v) is 22.7. The highest BCUT2D eigenvalue weighted by Gasteiger charge is 2.49. The van der Waals surface area contributed by atoms with Crippen LogP contribution in [0.1, 0.15) is 101 Å². The molecule has 0 aromatic heterocycles. The van der Waals surface area contributed by atoms with E-state index in [1.54, 1.807) is 0 Å². The predicted molar refractivity (Wildman–Crippen MR) is 327 cm³/mol. The van der Waals surface area contributed by atoms with Crippen molar-refractivity contribution in [3.8, 4) is 44.5 Å². The Kier molecular flexibility index (Phi) is 10.3. The van der Waals surface area contributed by atoms with E-state index in [9.17, 15) is 0 Å². The fourth-order valence-corrected chi connectivity index (χ4v) is 14.6. The number of allylic oxidation sites excluding steroid dienone is 16. The zero-order chi connectivity index (χ0) is 50.9. The van der Waals surface area contributed by atoms with E-state index in [0.29, 0.717) is 5.92 Å². The molecular weight excluding hydrogens is 913 g/mol. The molecule has 0 aliphatic heterocycles. The maximum atomic E-state index is 2.64. The molecule has 0 nitrogen and oxygen atoms in total. The van der Waals surface area contributed by atoms with Crippen LogP contribution in [0.25, 0.3) is 110 Å².